The lowest BCUT2D eigenvalue weighted by Gasteiger charge is -2.24. The van der Waals surface area contributed by atoms with Gasteiger partial charge in [-0.05, 0) is 163 Å². The van der Waals surface area contributed by atoms with Crippen LogP contribution in [0.1, 0.15) is 129 Å². The van der Waals surface area contributed by atoms with Crippen LogP contribution in [0.5, 0.6) is 0 Å². The summed E-state index contributed by atoms with van der Waals surface area (Å²) in [5.41, 5.74) is 4.52. The van der Waals surface area contributed by atoms with Crippen molar-refractivity contribution in [3.05, 3.63) is 93.1 Å². The standard InChI is InChI=1S/C36H53N3O9.C30H49IN2O7S/c1-5-43-20-21-45-24-25-46-23-22-44-19-18-37-33(40)32(16-10-11-17-38-34(41)48-36(2,3)4)39-35(42)47-26-31-29-14-8-6-12-27(29)28-13-7-9-15-30(28)31;1-5-36-18-19-38-22-23-39-21-20-37-17-15-27(34)33-26(29(35)40-30(2,3)4)8-6-7-16-32-28(41)14-11-24-9-12-25(31)13-10-24/h6-9,12-15,31-32H,5,10-11,16-26H2,1-4H3,(H,37,40)(H,38,41)(H,39,42);9-10,12-13,26H,5-8,11,14-23H2,1-4H3,(H,32,41)(H,33,34)/t32-;26-/m00/s1. The molecule has 0 spiro atoms. The molecule has 0 fully saturated rings. The first-order valence-electron chi connectivity index (χ1n) is 31.3. The number of amides is 4. The number of hydrogen-bond donors (Lipinski definition) is 5. The smallest absolute Gasteiger partial charge is 0.407 e. The molecule has 0 heterocycles. The fourth-order valence-electron chi connectivity index (χ4n) is 8.76. The second-order valence-corrected chi connectivity index (χ2v) is 24.4. The summed E-state index contributed by atoms with van der Waals surface area (Å²) in [7, 11) is 0. The van der Waals surface area contributed by atoms with Gasteiger partial charge in [0.2, 0.25) is 11.8 Å². The highest BCUT2D eigenvalue weighted by atomic mass is 127. The molecule has 0 radical (unpaired) electrons. The Morgan fingerprint density at radius 1 is 0.506 bits per heavy atom. The normalized spacial score (nSPS) is 12.6. The minimum absolute atomic E-state index is 0.0941. The Morgan fingerprint density at radius 2 is 0.978 bits per heavy atom. The third kappa shape index (κ3) is 37.7. The average Bonchev–Trinajstić information content (AvgIpc) is 1.80. The van der Waals surface area contributed by atoms with Gasteiger partial charge in [-0.1, -0.05) is 72.9 Å². The van der Waals surface area contributed by atoms with E-state index in [1.165, 1.54) is 9.13 Å². The summed E-state index contributed by atoms with van der Waals surface area (Å²) in [6, 6.07) is 23.1. The van der Waals surface area contributed by atoms with Crippen molar-refractivity contribution in [2.45, 2.75) is 142 Å². The molecule has 500 valence electrons. The van der Waals surface area contributed by atoms with Gasteiger partial charge in [-0.25, -0.2) is 14.4 Å². The van der Waals surface area contributed by atoms with Crippen molar-refractivity contribution in [3.8, 4) is 11.1 Å². The molecule has 0 saturated heterocycles. The van der Waals surface area contributed by atoms with Crippen molar-refractivity contribution >= 4 is 69.8 Å². The van der Waals surface area contributed by atoms with Crippen molar-refractivity contribution < 1.29 is 76.1 Å². The molecule has 0 unspecified atom stereocenters. The maximum atomic E-state index is 13.1. The molecule has 3 aromatic carbocycles. The zero-order valence-corrected chi connectivity index (χ0v) is 57.0. The lowest BCUT2D eigenvalue weighted by Crippen LogP contribution is -2.47. The van der Waals surface area contributed by atoms with E-state index in [9.17, 15) is 24.0 Å². The zero-order chi connectivity index (χ0) is 65.0. The number of carbonyl (C=O) groups is 5. The zero-order valence-electron chi connectivity index (χ0n) is 54.0. The Bertz CT molecular complexity index is 2420. The number of rotatable bonds is 45. The van der Waals surface area contributed by atoms with Crippen molar-refractivity contribution in [2.24, 2.45) is 0 Å². The lowest BCUT2D eigenvalue weighted by atomic mass is 9.98. The largest absolute Gasteiger partial charge is 0.458 e. The van der Waals surface area contributed by atoms with Gasteiger partial charge < -0.3 is 78.7 Å². The fraction of sp³-hybridized carbons (Fsp3) is 0.636. The van der Waals surface area contributed by atoms with E-state index in [0.29, 0.717) is 125 Å². The highest BCUT2D eigenvalue weighted by Gasteiger charge is 2.30. The summed E-state index contributed by atoms with van der Waals surface area (Å²) < 4.78 is 60.8. The van der Waals surface area contributed by atoms with Crippen molar-refractivity contribution in [2.75, 3.05) is 132 Å². The Kier molecular flexibility index (Phi) is 41.2. The quantitative estimate of drug-likeness (QED) is 0.0116. The highest BCUT2D eigenvalue weighted by molar-refractivity contribution is 14.1. The van der Waals surface area contributed by atoms with Crippen molar-refractivity contribution in [1.29, 1.82) is 0 Å². The van der Waals surface area contributed by atoms with Crippen LogP contribution in [0.15, 0.2) is 72.8 Å². The molecule has 5 N–H and O–H groups in total. The molecule has 4 amide bonds. The topological polar surface area (TPSA) is 247 Å². The minimum atomic E-state index is -0.826. The number of aryl methyl sites for hydroxylation is 1. The van der Waals surface area contributed by atoms with E-state index < -0.39 is 41.4 Å². The molecule has 2 atom stereocenters. The molecule has 1 aliphatic rings. The maximum absolute atomic E-state index is 13.1. The van der Waals surface area contributed by atoms with Crippen LogP contribution in [0.3, 0.4) is 0 Å². The van der Waals surface area contributed by atoms with E-state index in [1.54, 1.807) is 20.8 Å². The molecule has 0 bridgehead atoms. The molecule has 23 heteroatoms. The van der Waals surface area contributed by atoms with Crippen LogP contribution in [0.25, 0.3) is 11.1 Å². The van der Waals surface area contributed by atoms with Crippen LogP contribution in [-0.2, 0) is 72.9 Å². The predicted molar refractivity (Wildman–Crippen MR) is 355 cm³/mol. The van der Waals surface area contributed by atoms with Gasteiger partial charge in [0, 0.05) is 55.2 Å². The third-order valence-electron chi connectivity index (χ3n) is 13.0. The van der Waals surface area contributed by atoms with Crippen LogP contribution >= 0.6 is 34.8 Å². The number of alkyl carbamates (subject to hydrolysis) is 2. The highest BCUT2D eigenvalue weighted by Crippen LogP contribution is 2.44. The van der Waals surface area contributed by atoms with Gasteiger partial charge >= 0.3 is 18.2 Å². The first-order valence-corrected chi connectivity index (χ1v) is 32.8. The van der Waals surface area contributed by atoms with E-state index in [2.05, 4.69) is 97.7 Å². The molecule has 1 aliphatic carbocycles. The van der Waals surface area contributed by atoms with E-state index in [-0.39, 0.29) is 50.5 Å². The molecular weight excluding hydrogens is 1280 g/mol. The lowest BCUT2D eigenvalue weighted by molar-refractivity contribution is -0.159. The third-order valence-corrected chi connectivity index (χ3v) is 14.1. The van der Waals surface area contributed by atoms with Crippen LogP contribution in [0.2, 0.25) is 0 Å². The number of carbonyl (C=O) groups excluding carboxylic acids is 5. The molecule has 89 heavy (non-hydrogen) atoms. The van der Waals surface area contributed by atoms with Gasteiger partial charge in [-0.15, -0.1) is 0 Å². The van der Waals surface area contributed by atoms with Crippen molar-refractivity contribution in [3.63, 3.8) is 0 Å². The van der Waals surface area contributed by atoms with Crippen LogP contribution < -0.4 is 26.6 Å². The van der Waals surface area contributed by atoms with Gasteiger partial charge in [0.05, 0.1) is 97.5 Å². The summed E-state index contributed by atoms with van der Waals surface area (Å²) in [4.78, 5) is 64.1. The van der Waals surface area contributed by atoms with Crippen LogP contribution in [-0.4, -0.2) is 190 Å². The second kappa shape index (κ2) is 46.9. The molecule has 21 nitrogen and oxygen atoms in total. The second-order valence-electron chi connectivity index (χ2n) is 22.7. The number of nitrogens with one attached hydrogen (secondary N) is 5. The van der Waals surface area contributed by atoms with Crippen molar-refractivity contribution in [1.82, 2.24) is 26.6 Å². The van der Waals surface area contributed by atoms with E-state index in [4.69, 9.17) is 64.3 Å². The van der Waals surface area contributed by atoms with Gasteiger partial charge in [0.1, 0.15) is 29.9 Å². The Balaban J connectivity index is 0.000000472. The number of fused-ring (bicyclic) bond motifs is 3. The van der Waals surface area contributed by atoms with Gasteiger partial charge in [-0.2, -0.15) is 0 Å². The number of halogens is 1. The average molecular weight is 1380 g/mol. The first kappa shape index (κ1) is 78.2. The van der Waals surface area contributed by atoms with Gasteiger partial charge in [-0.3, -0.25) is 9.59 Å². The Labute approximate surface area is 547 Å². The monoisotopic (exact) mass is 1380 g/mol. The summed E-state index contributed by atoms with van der Waals surface area (Å²) in [6.45, 7) is 23.8. The minimum Gasteiger partial charge on any atom is -0.458 e. The number of thiocarbonyl (C=S) groups is 1. The molecule has 0 aliphatic heterocycles. The summed E-state index contributed by atoms with van der Waals surface area (Å²) in [5.74, 6) is -1.11. The summed E-state index contributed by atoms with van der Waals surface area (Å²) in [5, 5.41) is 14.4. The summed E-state index contributed by atoms with van der Waals surface area (Å²) in [6.07, 6.45) is 4.24. The van der Waals surface area contributed by atoms with Crippen LogP contribution in [0.4, 0.5) is 9.59 Å². The maximum Gasteiger partial charge on any atom is 0.407 e. The summed E-state index contributed by atoms with van der Waals surface area (Å²) >= 11 is 7.76. The molecule has 3 aromatic rings. The molecule has 4 rings (SSSR count). The molecular formula is C66H102IN5O16S. The number of esters is 1. The first-order chi connectivity index (χ1) is 42.8. The number of benzene rings is 3. The van der Waals surface area contributed by atoms with E-state index >= 15 is 0 Å². The SMILES string of the molecule is CCOCCOCCOCCOCCC(=O)N[C@@H](CCCCNC(=S)CCc1ccc(I)cc1)C(=O)OC(C)(C)C.CCOCCOCCOCCOCCNC(=O)[C@H](CCCCNC(=O)OC(C)(C)C)NC(=O)OCC1c2ccccc2-c2ccccc21. The number of ether oxygens (including phenoxy) is 11. The number of unbranched alkanes of at least 4 members (excludes halogenated alkanes) is 2. The molecule has 0 aromatic heterocycles. The Hall–Kier alpha value is -5.09. The fourth-order valence-corrected chi connectivity index (χ4v) is 9.32. The van der Waals surface area contributed by atoms with E-state index in [0.717, 1.165) is 59.5 Å². The van der Waals surface area contributed by atoms with Gasteiger partial charge in [0.25, 0.3) is 0 Å². The predicted octanol–water partition coefficient (Wildman–Crippen LogP) is 9.41. The Morgan fingerprint density at radius 3 is 1.49 bits per heavy atom. The van der Waals surface area contributed by atoms with Crippen LogP contribution in [0, 0.1) is 3.57 Å². The van der Waals surface area contributed by atoms with Gasteiger partial charge in [0.15, 0.2) is 0 Å². The van der Waals surface area contributed by atoms with E-state index in [1.807, 2.05) is 58.9 Å². The molecule has 0 saturated carbocycles. The number of hydrogen-bond acceptors (Lipinski definition) is 17.